The van der Waals surface area contributed by atoms with E-state index in [1.54, 1.807) is 12.1 Å². The lowest BCUT2D eigenvalue weighted by atomic mass is 10.0. The Morgan fingerprint density at radius 3 is 2.04 bits per heavy atom. The van der Waals surface area contributed by atoms with Crippen LogP contribution < -0.4 is 19.1 Å². The number of hydrogen-bond donors (Lipinski definition) is 1. The van der Waals surface area contributed by atoms with Crippen molar-refractivity contribution < 1.29 is 27.5 Å². The molecule has 1 atom stereocenters. The fraction of sp³-hybridized carbons (Fsp3) is 0.316. The molecule has 4 rings (SSSR count). The number of rotatable bonds is 15. The first-order valence-electron chi connectivity index (χ1n) is 16.0. The van der Waals surface area contributed by atoms with Gasteiger partial charge in [0.05, 0.1) is 24.8 Å². The summed E-state index contributed by atoms with van der Waals surface area (Å²) in [7, 11) is -1.44. The number of amides is 2. The molecule has 0 unspecified atom stereocenters. The van der Waals surface area contributed by atoms with Crippen molar-refractivity contribution in [3.8, 4) is 11.5 Å². The third-order valence-corrected chi connectivity index (χ3v) is 10.2. The Morgan fingerprint density at radius 1 is 0.816 bits per heavy atom. The van der Waals surface area contributed by atoms with Crippen molar-refractivity contribution in [3.05, 3.63) is 118 Å². The van der Waals surface area contributed by atoms with E-state index < -0.39 is 28.5 Å². The predicted octanol–water partition coefficient (Wildman–Crippen LogP) is 6.69. The number of ether oxygens (including phenoxy) is 2. The molecule has 9 nitrogen and oxygen atoms in total. The topological polar surface area (TPSA) is 105 Å². The average molecular weight is 751 g/mol. The monoisotopic (exact) mass is 749 g/mol. The molecule has 1 N–H and O–H groups in total. The van der Waals surface area contributed by atoms with Crippen LogP contribution in [-0.2, 0) is 32.6 Å². The van der Waals surface area contributed by atoms with Crippen molar-refractivity contribution in [2.24, 2.45) is 5.92 Å². The van der Waals surface area contributed by atoms with Crippen LogP contribution in [0.3, 0.4) is 0 Å². The normalized spacial score (nSPS) is 11.9. The molecule has 4 aromatic rings. The molecule has 0 spiro atoms. The van der Waals surface area contributed by atoms with Gasteiger partial charge in [-0.15, -0.1) is 0 Å². The van der Waals surface area contributed by atoms with Crippen LogP contribution in [0.2, 0.25) is 0 Å². The summed E-state index contributed by atoms with van der Waals surface area (Å²) in [5.41, 5.74) is 3.64. The molecular weight excluding hydrogens is 706 g/mol. The summed E-state index contributed by atoms with van der Waals surface area (Å²) < 4.78 is 41.8. The third-order valence-electron chi connectivity index (χ3n) is 7.94. The average Bonchev–Trinajstić information content (AvgIpc) is 3.07. The van der Waals surface area contributed by atoms with Crippen molar-refractivity contribution in [3.63, 3.8) is 0 Å². The summed E-state index contributed by atoms with van der Waals surface area (Å²) in [6, 6.07) is 25.8. The van der Waals surface area contributed by atoms with E-state index in [4.69, 9.17) is 9.47 Å². The minimum atomic E-state index is -4.34. The summed E-state index contributed by atoms with van der Waals surface area (Å²) in [4.78, 5) is 30.1. The van der Waals surface area contributed by atoms with Crippen LogP contribution in [0, 0.1) is 19.8 Å². The zero-order valence-corrected chi connectivity index (χ0v) is 31.2. The first-order valence-corrected chi connectivity index (χ1v) is 18.2. The Balaban J connectivity index is 1.84. The number of hydrogen-bond acceptors (Lipinski definition) is 6. The van der Waals surface area contributed by atoms with Gasteiger partial charge < -0.3 is 19.7 Å². The zero-order chi connectivity index (χ0) is 35.7. The summed E-state index contributed by atoms with van der Waals surface area (Å²) >= 11 is 3.47. The molecule has 0 radical (unpaired) electrons. The smallest absolute Gasteiger partial charge is 0.264 e. The number of sulfonamides is 1. The molecule has 4 aromatic carbocycles. The van der Waals surface area contributed by atoms with Gasteiger partial charge in [0, 0.05) is 30.0 Å². The molecule has 49 heavy (non-hydrogen) atoms. The fourth-order valence-electron chi connectivity index (χ4n) is 5.49. The van der Waals surface area contributed by atoms with Gasteiger partial charge in [0.2, 0.25) is 11.8 Å². The highest BCUT2D eigenvalue weighted by Crippen LogP contribution is 2.33. The third kappa shape index (κ3) is 9.86. The maximum absolute atomic E-state index is 14.7. The van der Waals surface area contributed by atoms with Gasteiger partial charge >= 0.3 is 0 Å². The highest BCUT2D eigenvalue weighted by Gasteiger charge is 2.35. The molecule has 0 fully saturated rings. The lowest BCUT2D eigenvalue weighted by molar-refractivity contribution is -0.140. The van der Waals surface area contributed by atoms with Gasteiger partial charge in [0.1, 0.15) is 12.6 Å². The van der Waals surface area contributed by atoms with Crippen LogP contribution in [-0.4, -0.2) is 58.5 Å². The van der Waals surface area contributed by atoms with E-state index in [0.717, 1.165) is 31.0 Å². The van der Waals surface area contributed by atoms with Crippen LogP contribution in [0.1, 0.15) is 36.1 Å². The molecule has 0 aliphatic rings. The number of methoxy groups -OCH3 is 2. The van der Waals surface area contributed by atoms with Crippen LogP contribution in [0.15, 0.2) is 100 Å². The van der Waals surface area contributed by atoms with E-state index in [9.17, 15) is 18.0 Å². The molecule has 260 valence electrons. The fourth-order valence-corrected chi connectivity index (χ4v) is 7.17. The first kappa shape index (κ1) is 37.5. The Hall–Kier alpha value is -4.35. The number of anilines is 1. The van der Waals surface area contributed by atoms with E-state index in [-0.39, 0.29) is 35.4 Å². The van der Waals surface area contributed by atoms with Crippen molar-refractivity contribution >= 4 is 43.5 Å². The second-order valence-electron chi connectivity index (χ2n) is 12.4. The van der Waals surface area contributed by atoms with E-state index in [1.807, 2.05) is 88.4 Å². The number of aryl methyl sites for hydroxylation is 2. The number of nitrogens with zero attached hydrogens (tertiary/aromatic N) is 2. The molecular formula is C38H44BrN3O6S. The number of halogens is 1. The molecule has 11 heteroatoms. The molecule has 0 aliphatic carbocycles. The standard InChI is InChI=1S/C38H44BrN3O6S/c1-26(2)23-40-38(44)34(21-29-10-8-7-9-11-29)41(24-30-12-14-31(39)15-13-30)37(43)25-42(32-19-27(3)18-28(4)20-32)49(45,46)33-16-17-35(47-5)36(22-33)48-6/h7-20,22,26,34H,21,23-25H2,1-6H3,(H,40,44)/t34-/m0/s1. The minimum Gasteiger partial charge on any atom is -0.493 e. The predicted molar refractivity (Wildman–Crippen MR) is 196 cm³/mol. The van der Waals surface area contributed by atoms with Gasteiger partial charge in [-0.2, -0.15) is 0 Å². The van der Waals surface area contributed by atoms with Gasteiger partial charge in [-0.05, 0) is 78.4 Å². The van der Waals surface area contributed by atoms with Crippen molar-refractivity contribution in [1.82, 2.24) is 10.2 Å². The summed E-state index contributed by atoms with van der Waals surface area (Å²) in [5.74, 6) is -0.0664. The van der Waals surface area contributed by atoms with Crippen LogP contribution >= 0.6 is 15.9 Å². The molecule has 2 amide bonds. The zero-order valence-electron chi connectivity index (χ0n) is 28.8. The molecule has 0 saturated carbocycles. The van der Waals surface area contributed by atoms with Crippen molar-refractivity contribution in [2.75, 3.05) is 31.6 Å². The number of carbonyl (C=O) groups is 2. The van der Waals surface area contributed by atoms with Crippen molar-refractivity contribution in [2.45, 2.75) is 51.6 Å². The Morgan fingerprint density at radius 2 is 1.45 bits per heavy atom. The number of benzene rings is 4. The molecule has 0 heterocycles. The molecule has 0 aliphatic heterocycles. The lowest BCUT2D eigenvalue weighted by Crippen LogP contribution is -2.53. The second-order valence-corrected chi connectivity index (χ2v) is 15.1. The van der Waals surface area contributed by atoms with E-state index >= 15 is 0 Å². The van der Waals surface area contributed by atoms with Gasteiger partial charge in [-0.3, -0.25) is 13.9 Å². The molecule has 0 saturated heterocycles. The minimum absolute atomic E-state index is 0.0768. The van der Waals surface area contributed by atoms with Gasteiger partial charge in [0.15, 0.2) is 11.5 Å². The van der Waals surface area contributed by atoms with Gasteiger partial charge in [0.25, 0.3) is 10.0 Å². The molecule has 0 aromatic heterocycles. The molecule has 0 bridgehead atoms. The van der Waals surface area contributed by atoms with E-state index in [1.165, 1.54) is 37.3 Å². The summed E-state index contributed by atoms with van der Waals surface area (Å²) in [5, 5.41) is 3.01. The largest absolute Gasteiger partial charge is 0.493 e. The lowest BCUT2D eigenvalue weighted by Gasteiger charge is -2.34. The number of nitrogens with one attached hydrogen (secondary N) is 1. The Bertz CT molecular complexity index is 1830. The van der Waals surface area contributed by atoms with Gasteiger partial charge in [-0.1, -0.05) is 78.3 Å². The van der Waals surface area contributed by atoms with Crippen LogP contribution in [0.4, 0.5) is 5.69 Å². The quantitative estimate of drug-likeness (QED) is 0.145. The SMILES string of the molecule is COc1ccc(S(=O)(=O)N(CC(=O)N(Cc2ccc(Br)cc2)[C@@H](Cc2ccccc2)C(=O)NCC(C)C)c2cc(C)cc(C)c2)cc1OC. The Labute approximate surface area is 298 Å². The maximum Gasteiger partial charge on any atom is 0.264 e. The Kier molecular flexibility index (Phi) is 12.9. The van der Waals surface area contributed by atoms with E-state index in [2.05, 4.69) is 21.2 Å². The summed E-state index contributed by atoms with van der Waals surface area (Å²) in [6.07, 6.45) is 0.235. The first-order chi connectivity index (χ1) is 23.3. The highest BCUT2D eigenvalue weighted by molar-refractivity contribution is 9.10. The maximum atomic E-state index is 14.7. The van der Waals surface area contributed by atoms with Crippen molar-refractivity contribution in [1.29, 1.82) is 0 Å². The van der Waals surface area contributed by atoms with Gasteiger partial charge in [-0.25, -0.2) is 8.42 Å². The highest BCUT2D eigenvalue weighted by atomic mass is 79.9. The summed E-state index contributed by atoms with van der Waals surface area (Å²) in [6.45, 7) is 7.68. The van der Waals surface area contributed by atoms with Crippen LogP contribution in [0.5, 0.6) is 11.5 Å². The van der Waals surface area contributed by atoms with Crippen LogP contribution in [0.25, 0.3) is 0 Å². The second kappa shape index (κ2) is 16.8. The van der Waals surface area contributed by atoms with E-state index in [0.29, 0.717) is 18.0 Å². The number of carbonyl (C=O) groups excluding carboxylic acids is 2.